The summed E-state index contributed by atoms with van der Waals surface area (Å²) in [6, 6.07) is 6.34. The molecule has 1 saturated heterocycles. The van der Waals surface area contributed by atoms with E-state index in [0.29, 0.717) is 0 Å². The Morgan fingerprint density at radius 1 is 1.22 bits per heavy atom. The van der Waals surface area contributed by atoms with Crippen molar-refractivity contribution in [2.24, 2.45) is 11.8 Å². The average Bonchev–Trinajstić information content (AvgIpc) is 2.28. The van der Waals surface area contributed by atoms with Crippen LogP contribution in [0.5, 0.6) is 0 Å². The summed E-state index contributed by atoms with van der Waals surface area (Å²) in [5.74, 6) is 1.63. The Morgan fingerprint density at radius 3 is 2.56 bits per heavy atom. The van der Waals surface area contributed by atoms with E-state index in [9.17, 15) is 0 Å². The van der Waals surface area contributed by atoms with E-state index in [-0.39, 0.29) is 0 Å². The van der Waals surface area contributed by atoms with Gasteiger partial charge < -0.3 is 5.32 Å². The van der Waals surface area contributed by atoms with Crippen LogP contribution in [0, 0.1) is 11.8 Å². The Morgan fingerprint density at radius 2 is 1.89 bits per heavy atom. The van der Waals surface area contributed by atoms with E-state index in [1.807, 2.05) is 7.05 Å². The van der Waals surface area contributed by atoms with E-state index in [4.69, 9.17) is 4.98 Å². The van der Waals surface area contributed by atoms with Crippen LogP contribution in [-0.4, -0.2) is 30.0 Å². The summed E-state index contributed by atoms with van der Waals surface area (Å²) in [4.78, 5) is 7.25. The Bertz CT molecular complexity index is 368. The molecule has 2 atom stereocenters. The SMILES string of the molecule is CNCc1cccc(CN2CC(C)CC(C)C2)n1. The highest BCUT2D eigenvalue weighted by atomic mass is 15.1. The van der Waals surface area contributed by atoms with Crippen LogP contribution < -0.4 is 5.32 Å². The van der Waals surface area contributed by atoms with E-state index in [1.165, 1.54) is 25.2 Å². The van der Waals surface area contributed by atoms with Crippen LogP contribution in [0.1, 0.15) is 31.7 Å². The molecule has 3 nitrogen and oxygen atoms in total. The normalized spacial score (nSPS) is 25.3. The molecule has 1 N–H and O–H groups in total. The van der Waals surface area contributed by atoms with E-state index < -0.39 is 0 Å². The van der Waals surface area contributed by atoms with Crippen LogP contribution >= 0.6 is 0 Å². The molecule has 1 aromatic rings. The fourth-order valence-corrected chi connectivity index (χ4v) is 3.05. The predicted octanol–water partition coefficient (Wildman–Crippen LogP) is 2.28. The molecule has 0 bridgehead atoms. The van der Waals surface area contributed by atoms with Crippen molar-refractivity contribution in [1.29, 1.82) is 0 Å². The third-order valence-electron chi connectivity index (χ3n) is 3.55. The molecule has 1 aliphatic heterocycles. The molecular weight excluding hydrogens is 222 g/mol. The predicted molar refractivity (Wildman–Crippen MR) is 75.2 cm³/mol. The first-order chi connectivity index (χ1) is 8.67. The van der Waals surface area contributed by atoms with Crippen LogP contribution in [0.2, 0.25) is 0 Å². The van der Waals surface area contributed by atoms with Crippen LogP contribution in [-0.2, 0) is 13.1 Å². The summed E-state index contributed by atoms with van der Waals surface area (Å²) in [6.07, 6.45) is 1.36. The van der Waals surface area contributed by atoms with Crippen molar-refractivity contribution >= 4 is 0 Å². The van der Waals surface area contributed by atoms with Gasteiger partial charge in [-0.3, -0.25) is 9.88 Å². The molecule has 1 aromatic heterocycles. The smallest absolute Gasteiger partial charge is 0.0547 e. The van der Waals surface area contributed by atoms with Gasteiger partial charge in [-0.2, -0.15) is 0 Å². The van der Waals surface area contributed by atoms with Gasteiger partial charge in [0.15, 0.2) is 0 Å². The second kappa shape index (κ2) is 6.30. The second-order valence-corrected chi connectivity index (χ2v) is 5.79. The van der Waals surface area contributed by atoms with Gasteiger partial charge in [-0.15, -0.1) is 0 Å². The molecule has 2 rings (SSSR count). The lowest BCUT2D eigenvalue weighted by Gasteiger charge is -2.34. The first-order valence-electron chi connectivity index (χ1n) is 6.99. The Balaban J connectivity index is 1.97. The molecule has 0 saturated carbocycles. The van der Waals surface area contributed by atoms with Crippen LogP contribution in [0.4, 0.5) is 0 Å². The molecule has 0 spiro atoms. The van der Waals surface area contributed by atoms with Gasteiger partial charge in [-0.25, -0.2) is 0 Å². The molecule has 0 radical (unpaired) electrons. The minimum atomic E-state index is 0.814. The largest absolute Gasteiger partial charge is 0.314 e. The van der Waals surface area contributed by atoms with Gasteiger partial charge >= 0.3 is 0 Å². The molecule has 100 valence electrons. The molecule has 2 heterocycles. The maximum absolute atomic E-state index is 4.70. The number of nitrogens with zero attached hydrogens (tertiary/aromatic N) is 2. The van der Waals surface area contributed by atoms with E-state index >= 15 is 0 Å². The third kappa shape index (κ3) is 3.79. The fraction of sp³-hybridized carbons (Fsp3) is 0.667. The van der Waals surface area contributed by atoms with Gasteiger partial charge in [0.25, 0.3) is 0 Å². The monoisotopic (exact) mass is 247 g/mol. The zero-order valence-electron chi connectivity index (χ0n) is 11.8. The number of pyridine rings is 1. The number of hydrogen-bond donors (Lipinski definition) is 1. The summed E-state index contributed by atoms with van der Waals surface area (Å²) in [6.45, 7) is 8.97. The van der Waals surface area contributed by atoms with Crippen molar-refractivity contribution in [3.8, 4) is 0 Å². The molecule has 3 heteroatoms. The van der Waals surface area contributed by atoms with Crippen LogP contribution in [0.3, 0.4) is 0 Å². The van der Waals surface area contributed by atoms with Gasteiger partial charge in [0.2, 0.25) is 0 Å². The average molecular weight is 247 g/mol. The number of hydrogen-bond acceptors (Lipinski definition) is 3. The maximum atomic E-state index is 4.70. The fourth-order valence-electron chi connectivity index (χ4n) is 3.05. The lowest BCUT2D eigenvalue weighted by atomic mass is 9.92. The van der Waals surface area contributed by atoms with E-state index in [1.54, 1.807) is 0 Å². The van der Waals surface area contributed by atoms with Crippen LogP contribution in [0.15, 0.2) is 18.2 Å². The third-order valence-corrected chi connectivity index (χ3v) is 3.55. The number of rotatable bonds is 4. The first kappa shape index (κ1) is 13.5. The maximum Gasteiger partial charge on any atom is 0.0547 e. The second-order valence-electron chi connectivity index (χ2n) is 5.79. The molecule has 18 heavy (non-hydrogen) atoms. The summed E-state index contributed by atoms with van der Waals surface area (Å²) in [5.41, 5.74) is 2.33. The summed E-state index contributed by atoms with van der Waals surface area (Å²) in [7, 11) is 1.96. The lowest BCUT2D eigenvalue weighted by Crippen LogP contribution is -2.38. The molecule has 0 aromatic carbocycles. The Hall–Kier alpha value is -0.930. The zero-order valence-corrected chi connectivity index (χ0v) is 11.8. The Labute approximate surface area is 111 Å². The zero-order chi connectivity index (χ0) is 13.0. The first-order valence-corrected chi connectivity index (χ1v) is 6.99. The molecule has 0 amide bonds. The molecular formula is C15H25N3. The van der Waals surface area contributed by atoms with Gasteiger partial charge in [0, 0.05) is 26.2 Å². The minimum Gasteiger partial charge on any atom is -0.314 e. The number of piperidine rings is 1. The highest BCUT2D eigenvalue weighted by Crippen LogP contribution is 2.22. The molecule has 1 aliphatic rings. The highest BCUT2D eigenvalue weighted by Gasteiger charge is 2.21. The topological polar surface area (TPSA) is 28.2 Å². The van der Waals surface area contributed by atoms with E-state index in [0.717, 1.165) is 30.6 Å². The van der Waals surface area contributed by atoms with Crippen molar-refractivity contribution in [2.75, 3.05) is 20.1 Å². The van der Waals surface area contributed by atoms with Crippen molar-refractivity contribution < 1.29 is 0 Å². The van der Waals surface area contributed by atoms with Crippen molar-refractivity contribution in [1.82, 2.24) is 15.2 Å². The lowest BCUT2D eigenvalue weighted by molar-refractivity contribution is 0.133. The van der Waals surface area contributed by atoms with E-state index in [2.05, 4.69) is 42.3 Å². The number of aromatic nitrogens is 1. The van der Waals surface area contributed by atoms with Crippen molar-refractivity contribution in [2.45, 2.75) is 33.4 Å². The standard InChI is InChI=1S/C15H25N3/c1-12-7-13(2)10-18(9-12)11-15-6-4-5-14(17-15)8-16-3/h4-6,12-13,16H,7-11H2,1-3H3. The van der Waals surface area contributed by atoms with Crippen molar-refractivity contribution in [3.05, 3.63) is 29.6 Å². The molecule has 2 unspecified atom stereocenters. The molecule has 1 fully saturated rings. The van der Waals surface area contributed by atoms with Gasteiger partial charge in [-0.1, -0.05) is 19.9 Å². The Kier molecular flexibility index (Phi) is 4.72. The minimum absolute atomic E-state index is 0.814. The van der Waals surface area contributed by atoms with Crippen LogP contribution in [0.25, 0.3) is 0 Å². The summed E-state index contributed by atoms with van der Waals surface area (Å²) >= 11 is 0. The summed E-state index contributed by atoms with van der Waals surface area (Å²) < 4.78 is 0. The molecule has 0 aliphatic carbocycles. The number of nitrogens with one attached hydrogen (secondary N) is 1. The highest BCUT2D eigenvalue weighted by molar-refractivity contribution is 5.11. The summed E-state index contributed by atoms with van der Waals surface area (Å²) in [5, 5.41) is 3.15. The van der Waals surface area contributed by atoms with Gasteiger partial charge in [0.1, 0.15) is 0 Å². The number of likely N-dealkylation sites (tertiary alicyclic amines) is 1. The van der Waals surface area contributed by atoms with Crippen molar-refractivity contribution in [3.63, 3.8) is 0 Å². The van der Waals surface area contributed by atoms with Gasteiger partial charge in [0.05, 0.1) is 11.4 Å². The van der Waals surface area contributed by atoms with Gasteiger partial charge in [-0.05, 0) is 37.4 Å². The quantitative estimate of drug-likeness (QED) is 0.885.